The van der Waals surface area contributed by atoms with Crippen LogP contribution >= 0.6 is 7.82 Å². The number of quaternary nitrogens is 1. The molecule has 0 heterocycles. The van der Waals surface area contributed by atoms with Crippen LogP contribution in [0.25, 0.3) is 0 Å². The molecule has 0 bridgehead atoms. The highest BCUT2D eigenvalue weighted by Gasteiger charge is 2.22. The molecule has 0 radical (unpaired) electrons. The number of esters is 2. The Labute approximate surface area is 501 Å². The summed E-state index contributed by atoms with van der Waals surface area (Å²) in [5.41, 5.74) is 0. The second-order valence-corrected chi connectivity index (χ2v) is 25.6. The summed E-state index contributed by atoms with van der Waals surface area (Å²) in [6.07, 6.45) is 82.9. The molecule has 0 amide bonds. The maximum absolute atomic E-state index is 12.8. The van der Waals surface area contributed by atoms with E-state index in [1.54, 1.807) is 0 Å². The van der Waals surface area contributed by atoms with Gasteiger partial charge in [0, 0.05) is 12.8 Å². The Bertz CT molecular complexity index is 1600. The zero-order valence-electron chi connectivity index (χ0n) is 53.7. The molecule has 0 rings (SSSR count). The average molecular weight is 1160 g/mol. The van der Waals surface area contributed by atoms with Gasteiger partial charge in [-0.2, -0.15) is 0 Å². The van der Waals surface area contributed by atoms with Crippen LogP contribution in [0.2, 0.25) is 0 Å². The van der Waals surface area contributed by atoms with E-state index >= 15 is 0 Å². The summed E-state index contributed by atoms with van der Waals surface area (Å²) in [6.45, 7) is 4.12. The Morgan fingerprint density at radius 2 is 0.704 bits per heavy atom. The van der Waals surface area contributed by atoms with E-state index in [4.69, 9.17) is 18.5 Å². The van der Waals surface area contributed by atoms with Crippen LogP contribution in [0.4, 0.5) is 0 Å². The largest absolute Gasteiger partial charge is 0.756 e. The van der Waals surface area contributed by atoms with Gasteiger partial charge in [0.2, 0.25) is 0 Å². The van der Waals surface area contributed by atoms with Crippen LogP contribution < -0.4 is 4.89 Å². The molecule has 0 fully saturated rings. The number of hydrogen-bond donors (Lipinski definition) is 0. The minimum absolute atomic E-state index is 0.0327. The lowest BCUT2D eigenvalue weighted by Gasteiger charge is -2.28. The van der Waals surface area contributed by atoms with E-state index in [1.807, 2.05) is 21.1 Å². The number of nitrogens with zero attached hydrogens (tertiary/aromatic N) is 1. The number of hydrogen-bond acceptors (Lipinski definition) is 8. The summed E-state index contributed by atoms with van der Waals surface area (Å²) in [6, 6.07) is 0. The smallest absolute Gasteiger partial charge is 0.306 e. The standard InChI is InChI=1S/C71H130NO8P/c1-6-8-10-12-14-16-18-20-22-24-25-26-27-28-29-30-31-32-33-34-35-36-37-38-39-40-41-42-43-44-45-46-47-48-50-52-54-56-58-60-62-64-71(74)80-69(68-79-81(75,76)78-66-65-72(3,4)5)67-77-70(73)63-61-59-57-55-53-51-49-23-21-19-17-15-13-11-9-7-2/h8,10,14,16-17,19-20,22-23,25-26,49,69H,6-7,9,11-13,15,18,21,24,27-48,50-68H2,1-5H3/b10-8-,16-14-,19-17-,22-20-,26-25-,49-23-. The monoisotopic (exact) mass is 1160 g/mol. The molecule has 0 N–H and O–H groups in total. The minimum atomic E-state index is -4.64. The fourth-order valence-electron chi connectivity index (χ4n) is 9.74. The number of allylic oxidation sites excluding steroid dienone is 12. The molecule has 0 aromatic carbocycles. The van der Waals surface area contributed by atoms with Crippen molar-refractivity contribution in [3.05, 3.63) is 72.9 Å². The summed E-state index contributed by atoms with van der Waals surface area (Å²) < 4.78 is 34.2. The van der Waals surface area contributed by atoms with Crippen LogP contribution in [0.15, 0.2) is 72.9 Å². The molecule has 0 spiro atoms. The first-order valence-electron chi connectivity index (χ1n) is 34.1. The number of carbonyl (C=O) groups excluding carboxylic acids is 2. The Balaban J connectivity index is 3.88. The highest BCUT2D eigenvalue weighted by molar-refractivity contribution is 7.45. The molecule has 0 saturated heterocycles. The van der Waals surface area contributed by atoms with Gasteiger partial charge in [-0.25, -0.2) is 0 Å². The number of carbonyl (C=O) groups is 2. The number of rotatable bonds is 63. The van der Waals surface area contributed by atoms with Crippen LogP contribution in [0, 0.1) is 0 Å². The Kier molecular flexibility index (Phi) is 60.0. The molecule has 0 saturated carbocycles. The summed E-state index contributed by atoms with van der Waals surface area (Å²) in [5.74, 6) is -0.837. The molecular weight excluding hydrogens is 1030 g/mol. The molecule has 81 heavy (non-hydrogen) atoms. The van der Waals surface area contributed by atoms with Gasteiger partial charge in [0.15, 0.2) is 6.10 Å². The van der Waals surface area contributed by atoms with Gasteiger partial charge in [0.1, 0.15) is 19.8 Å². The van der Waals surface area contributed by atoms with E-state index in [1.165, 1.54) is 199 Å². The minimum Gasteiger partial charge on any atom is -0.756 e. The van der Waals surface area contributed by atoms with Crippen molar-refractivity contribution in [2.24, 2.45) is 0 Å². The molecule has 0 aromatic rings. The highest BCUT2D eigenvalue weighted by atomic mass is 31.2. The Morgan fingerprint density at radius 3 is 1.05 bits per heavy atom. The fraction of sp³-hybridized carbons (Fsp3) is 0.803. The molecule has 0 aromatic heterocycles. The third-order valence-electron chi connectivity index (χ3n) is 15.0. The lowest BCUT2D eigenvalue weighted by molar-refractivity contribution is -0.870. The van der Waals surface area contributed by atoms with Crippen LogP contribution in [0.1, 0.15) is 316 Å². The zero-order valence-corrected chi connectivity index (χ0v) is 54.6. The first-order chi connectivity index (χ1) is 39.5. The number of phosphoric ester groups is 1. The van der Waals surface area contributed by atoms with E-state index in [-0.39, 0.29) is 26.1 Å². The van der Waals surface area contributed by atoms with E-state index in [2.05, 4.69) is 86.8 Å². The molecule has 472 valence electrons. The third-order valence-corrected chi connectivity index (χ3v) is 15.9. The van der Waals surface area contributed by atoms with Crippen molar-refractivity contribution in [2.45, 2.75) is 322 Å². The van der Waals surface area contributed by atoms with Crippen LogP contribution in [-0.2, 0) is 32.7 Å². The number of likely N-dealkylation sites (N-methyl/N-ethyl adjacent to an activating group) is 1. The van der Waals surface area contributed by atoms with E-state index < -0.39 is 32.5 Å². The number of ether oxygens (including phenoxy) is 2. The van der Waals surface area contributed by atoms with Gasteiger partial charge in [0.25, 0.3) is 7.82 Å². The van der Waals surface area contributed by atoms with Gasteiger partial charge in [-0.1, -0.05) is 292 Å². The van der Waals surface area contributed by atoms with Crippen molar-refractivity contribution < 1.29 is 42.1 Å². The van der Waals surface area contributed by atoms with Gasteiger partial charge in [-0.05, 0) is 83.5 Å². The van der Waals surface area contributed by atoms with Gasteiger partial charge in [0.05, 0.1) is 27.7 Å². The summed E-state index contributed by atoms with van der Waals surface area (Å²) in [5, 5.41) is 0. The maximum Gasteiger partial charge on any atom is 0.306 e. The van der Waals surface area contributed by atoms with Gasteiger partial charge in [-0.15, -0.1) is 0 Å². The Morgan fingerprint density at radius 1 is 0.395 bits per heavy atom. The molecule has 2 atom stereocenters. The molecule has 0 aliphatic heterocycles. The van der Waals surface area contributed by atoms with Crippen molar-refractivity contribution in [1.29, 1.82) is 0 Å². The average Bonchev–Trinajstić information content (AvgIpc) is 3.43. The second-order valence-electron chi connectivity index (χ2n) is 24.2. The lowest BCUT2D eigenvalue weighted by Crippen LogP contribution is -2.37. The summed E-state index contributed by atoms with van der Waals surface area (Å²) in [7, 11) is 1.17. The molecule has 10 heteroatoms. The third kappa shape index (κ3) is 66.5. The van der Waals surface area contributed by atoms with E-state index in [0.29, 0.717) is 23.9 Å². The fourth-order valence-corrected chi connectivity index (χ4v) is 10.5. The topological polar surface area (TPSA) is 111 Å². The van der Waals surface area contributed by atoms with Crippen molar-refractivity contribution in [3.8, 4) is 0 Å². The first kappa shape index (κ1) is 78.5. The summed E-state index contributed by atoms with van der Waals surface area (Å²) in [4.78, 5) is 37.9. The van der Waals surface area contributed by atoms with E-state index in [0.717, 1.165) is 77.0 Å². The van der Waals surface area contributed by atoms with Gasteiger partial charge >= 0.3 is 11.9 Å². The predicted octanol–water partition coefficient (Wildman–Crippen LogP) is 21.4. The molecular formula is C71H130NO8P. The van der Waals surface area contributed by atoms with Crippen LogP contribution in [-0.4, -0.2) is 70.0 Å². The second kappa shape index (κ2) is 62.0. The quantitative estimate of drug-likeness (QED) is 0.0195. The van der Waals surface area contributed by atoms with Crippen molar-refractivity contribution in [1.82, 2.24) is 0 Å². The molecule has 0 aliphatic carbocycles. The van der Waals surface area contributed by atoms with Gasteiger partial charge in [-0.3, -0.25) is 14.2 Å². The first-order valence-corrected chi connectivity index (χ1v) is 35.6. The van der Waals surface area contributed by atoms with Crippen LogP contribution in [0.5, 0.6) is 0 Å². The van der Waals surface area contributed by atoms with Crippen LogP contribution in [0.3, 0.4) is 0 Å². The van der Waals surface area contributed by atoms with Crippen molar-refractivity contribution >= 4 is 19.8 Å². The van der Waals surface area contributed by atoms with Gasteiger partial charge < -0.3 is 27.9 Å². The van der Waals surface area contributed by atoms with Crippen molar-refractivity contribution in [3.63, 3.8) is 0 Å². The molecule has 9 nitrogen and oxygen atoms in total. The van der Waals surface area contributed by atoms with E-state index in [9.17, 15) is 19.0 Å². The normalized spacial score (nSPS) is 13.6. The zero-order chi connectivity index (χ0) is 59.1. The SMILES string of the molecule is CC/C=C\C/C=C\C/C=C\C/C=C\CCCCCCCCCCCCCCCCCCCCCCCCCCCCCCC(=O)OC(COC(=O)CCCCCCC/C=C\C/C=C\CCCCCC)COP(=O)([O-])OCC[N+](C)(C)C. The van der Waals surface area contributed by atoms with Crippen molar-refractivity contribution in [2.75, 3.05) is 47.5 Å². The lowest BCUT2D eigenvalue weighted by atomic mass is 10.0. The number of unbranched alkanes of at least 4 members (excludes halogenated alkanes) is 37. The summed E-state index contributed by atoms with van der Waals surface area (Å²) >= 11 is 0. The highest BCUT2D eigenvalue weighted by Crippen LogP contribution is 2.38. The predicted molar refractivity (Wildman–Crippen MR) is 346 cm³/mol. The maximum atomic E-state index is 12.8. The number of phosphoric acid groups is 1. The molecule has 0 aliphatic rings. The molecule has 2 unspecified atom stereocenters. The Hall–Kier alpha value is -2.55.